The second-order valence-corrected chi connectivity index (χ2v) is 6.88. The van der Waals surface area contributed by atoms with E-state index in [0.717, 1.165) is 12.8 Å². The molecule has 1 heterocycles. The van der Waals surface area contributed by atoms with Gasteiger partial charge in [0.15, 0.2) is 11.0 Å². The average molecular weight is 344 g/mol. The number of carbonyl (C=O) groups excluding carboxylic acids is 1. The summed E-state index contributed by atoms with van der Waals surface area (Å²) in [5.41, 5.74) is 0.424. The minimum Gasteiger partial charge on any atom is -0.344 e. The van der Waals surface area contributed by atoms with Gasteiger partial charge in [-0.15, -0.1) is 16.6 Å². The quantitative estimate of drug-likeness (QED) is 0.646. The molecule has 1 atom stereocenters. The summed E-state index contributed by atoms with van der Waals surface area (Å²) in [5, 5.41) is 11.3. The number of thioether (sulfide) groups is 1. The van der Waals surface area contributed by atoms with Crippen LogP contribution in [-0.4, -0.2) is 32.5 Å². The van der Waals surface area contributed by atoms with Gasteiger partial charge in [0.25, 0.3) is 0 Å². The van der Waals surface area contributed by atoms with Crippen molar-refractivity contribution in [2.45, 2.75) is 36.2 Å². The number of hydrogen-bond donors (Lipinski definition) is 1. The topological polar surface area (TPSA) is 59.8 Å². The molecule has 0 spiro atoms. The van der Waals surface area contributed by atoms with Crippen LogP contribution < -0.4 is 5.32 Å². The molecule has 0 bridgehead atoms. The Labute approximate surface area is 144 Å². The summed E-state index contributed by atoms with van der Waals surface area (Å²) in [5.74, 6) is 2.39. The number of halogens is 1. The van der Waals surface area contributed by atoms with Gasteiger partial charge in [-0.1, -0.05) is 29.8 Å². The third-order valence-electron chi connectivity index (χ3n) is 3.71. The molecule has 1 saturated carbocycles. The zero-order chi connectivity index (χ0) is 17.1. The first-order valence-corrected chi connectivity index (χ1v) is 8.57. The minimum atomic E-state index is -0.367. The lowest BCUT2D eigenvalue weighted by Crippen LogP contribution is -2.31. The van der Waals surface area contributed by atoms with Crippen molar-refractivity contribution in [1.29, 1.82) is 0 Å². The molecule has 1 aromatic carbocycles. The van der Waals surface area contributed by atoms with E-state index in [0.29, 0.717) is 16.5 Å². The molecule has 3 rings (SSSR count). The second kappa shape index (κ2) is 7.05. The van der Waals surface area contributed by atoms with E-state index >= 15 is 0 Å². The predicted molar refractivity (Wildman–Crippen MR) is 90.8 cm³/mol. The van der Waals surface area contributed by atoms with E-state index in [1.807, 2.05) is 4.57 Å². The predicted octanol–water partition coefficient (Wildman–Crippen LogP) is 2.65. The zero-order valence-corrected chi connectivity index (χ0v) is 14.0. The molecule has 0 saturated heterocycles. The first-order chi connectivity index (χ1) is 11.6. The molecule has 1 N–H and O–H groups in total. The van der Waals surface area contributed by atoms with Gasteiger partial charge in [0.05, 0.1) is 17.4 Å². The van der Waals surface area contributed by atoms with Crippen LogP contribution in [0.1, 0.15) is 25.8 Å². The number of nitrogens with one attached hydrogen (secondary N) is 1. The van der Waals surface area contributed by atoms with Gasteiger partial charge in [0.2, 0.25) is 5.91 Å². The lowest BCUT2D eigenvalue weighted by molar-refractivity contribution is -0.120. The van der Waals surface area contributed by atoms with Crippen LogP contribution in [0.15, 0.2) is 29.4 Å². The molecule has 0 aliphatic heterocycles. The van der Waals surface area contributed by atoms with Crippen molar-refractivity contribution in [3.8, 4) is 23.7 Å². The van der Waals surface area contributed by atoms with Crippen molar-refractivity contribution in [2.24, 2.45) is 0 Å². The van der Waals surface area contributed by atoms with Gasteiger partial charge in [0, 0.05) is 6.04 Å². The summed E-state index contributed by atoms with van der Waals surface area (Å²) in [6.07, 6.45) is 7.16. The molecule has 1 aliphatic rings. The van der Waals surface area contributed by atoms with E-state index < -0.39 is 0 Å². The lowest BCUT2D eigenvalue weighted by atomic mass is 10.2. The molecule has 7 heteroatoms. The number of amides is 1. The van der Waals surface area contributed by atoms with E-state index in [1.165, 1.54) is 17.8 Å². The largest absolute Gasteiger partial charge is 0.344 e. The third-order valence-corrected chi connectivity index (χ3v) is 4.76. The Balaban J connectivity index is 1.86. The van der Waals surface area contributed by atoms with E-state index in [9.17, 15) is 9.18 Å². The van der Waals surface area contributed by atoms with Crippen LogP contribution in [0, 0.1) is 18.2 Å². The van der Waals surface area contributed by atoms with Crippen molar-refractivity contribution >= 4 is 17.7 Å². The van der Waals surface area contributed by atoms with Crippen molar-refractivity contribution < 1.29 is 9.18 Å². The van der Waals surface area contributed by atoms with Crippen molar-refractivity contribution in [1.82, 2.24) is 20.1 Å². The molecule has 1 unspecified atom stereocenters. The smallest absolute Gasteiger partial charge is 0.234 e. The van der Waals surface area contributed by atoms with Crippen LogP contribution in [0.3, 0.4) is 0 Å². The van der Waals surface area contributed by atoms with Gasteiger partial charge in [-0.05, 0) is 31.9 Å². The molecule has 24 heavy (non-hydrogen) atoms. The maximum absolute atomic E-state index is 14.1. The average Bonchev–Trinajstić information content (AvgIpc) is 3.34. The van der Waals surface area contributed by atoms with Crippen molar-refractivity contribution in [3.63, 3.8) is 0 Å². The van der Waals surface area contributed by atoms with E-state index in [2.05, 4.69) is 21.4 Å². The van der Waals surface area contributed by atoms with Gasteiger partial charge < -0.3 is 5.32 Å². The molecular formula is C17H17FN4OS. The molecule has 5 nitrogen and oxygen atoms in total. The number of benzene rings is 1. The number of aromatic nitrogens is 3. The Morgan fingerprint density at radius 2 is 2.25 bits per heavy atom. The first kappa shape index (κ1) is 16.5. The summed E-state index contributed by atoms with van der Waals surface area (Å²) < 4.78 is 16.0. The van der Waals surface area contributed by atoms with Crippen LogP contribution >= 0.6 is 11.8 Å². The number of nitrogens with zero attached hydrogens (tertiary/aromatic N) is 3. The molecule has 124 valence electrons. The maximum atomic E-state index is 14.1. The van der Waals surface area contributed by atoms with E-state index in [4.69, 9.17) is 6.42 Å². The van der Waals surface area contributed by atoms with E-state index in [1.54, 1.807) is 25.1 Å². The molecule has 1 amide bonds. The first-order valence-electron chi connectivity index (χ1n) is 7.69. The van der Waals surface area contributed by atoms with Gasteiger partial charge in [-0.25, -0.2) is 4.39 Å². The lowest BCUT2D eigenvalue weighted by Gasteiger charge is -2.12. The Hall–Kier alpha value is -2.33. The molecule has 1 aromatic heterocycles. The molecule has 2 aromatic rings. The Bertz CT molecular complexity index is 794. The van der Waals surface area contributed by atoms with Gasteiger partial charge in [0.1, 0.15) is 5.82 Å². The zero-order valence-electron chi connectivity index (χ0n) is 13.2. The van der Waals surface area contributed by atoms with Crippen LogP contribution in [-0.2, 0) is 4.79 Å². The van der Waals surface area contributed by atoms with Gasteiger partial charge in [-0.3, -0.25) is 9.36 Å². The SMILES string of the molecule is C#CCNC(=O)C(C)Sc1nnc(-c2ccccc2F)n1C1CC1. The monoisotopic (exact) mass is 344 g/mol. The fraction of sp³-hybridized carbons (Fsp3) is 0.353. The standard InChI is InChI=1S/C17H17FN4OS/c1-3-10-19-16(23)11(2)24-17-21-20-15(22(17)12-8-9-12)13-6-4-5-7-14(13)18/h1,4-7,11-12H,8-10H2,2H3,(H,19,23). The number of carbonyl (C=O) groups is 1. The van der Waals surface area contributed by atoms with Crippen molar-refractivity contribution in [2.75, 3.05) is 6.54 Å². The highest BCUT2D eigenvalue weighted by molar-refractivity contribution is 8.00. The summed E-state index contributed by atoms with van der Waals surface area (Å²) in [7, 11) is 0. The Kier molecular flexibility index (Phi) is 4.86. The number of rotatable bonds is 6. The Morgan fingerprint density at radius 1 is 1.50 bits per heavy atom. The van der Waals surface area contributed by atoms with Crippen LogP contribution in [0.4, 0.5) is 4.39 Å². The minimum absolute atomic E-state index is 0.157. The fourth-order valence-electron chi connectivity index (χ4n) is 2.34. The second-order valence-electron chi connectivity index (χ2n) is 5.57. The van der Waals surface area contributed by atoms with Gasteiger partial charge >= 0.3 is 0 Å². The van der Waals surface area contributed by atoms with Crippen LogP contribution in [0.25, 0.3) is 11.4 Å². The summed E-state index contributed by atoms with van der Waals surface area (Å²) in [6.45, 7) is 1.98. The van der Waals surface area contributed by atoms with Crippen LogP contribution in [0.5, 0.6) is 0 Å². The van der Waals surface area contributed by atoms with Crippen molar-refractivity contribution in [3.05, 3.63) is 30.1 Å². The van der Waals surface area contributed by atoms with Gasteiger partial charge in [-0.2, -0.15) is 0 Å². The number of hydrogen-bond acceptors (Lipinski definition) is 4. The Morgan fingerprint density at radius 3 is 2.92 bits per heavy atom. The number of terminal acetylenes is 1. The van der Waals surface area contributed by atoms with Crippen LogP contribution in [0.2, 0.25) is 0 Å². The molecule has 1 fully saturated rings. The highest BCUT2D eigenvalue weighted by Gasteiger charge is 2.32. The normalized spacial score (nSPS) is 14.9. The summed E-state index contributed by atoms with van der Waals surface area (Å²) >= 11 is 1.30. The summed E-state index contributed by atoms with van der Waals surface area (Å²) in [6, 6.07) is 6.77. The highest BCUT2D eigenvalue weighted by Crippen LogP contribution is 2.42. The third kappa shape index (κ3) is 3.44. The van der Waals surface area contributed by atoms with E-state index in [-0.39, 0.29) is 29.6 Å². The molecule has 1 aliphatic carbocycles. The molecular weight excluding hydrogens is 327 g/mol. The molecule has 0 radical (unpaired) electrons. The maximum Gasteiger partial charge on any atom is 0.234 e. The fourth-order valence-corrected chi connectivity index (χ4v) is 3.28. The summed E-state index contributed by atoms with van der Waals surface area (Å²) in [4.78, 5) is 12.0. The highest BCUT2D eigenvalue weighted by atomic mass is 32.2.